The van der Waals surface area contributed by atoms with Gasteiger partial charge in [0.15, 0.2) is 0 Å². The molecule has 1 aliphatic rings. The van der Waals surface area contributed by atoms with Crippen LogP contribution in [0.2, 0.25) is 0 Å². The summed E-state index contributed by atoms with van der Waals surface area (Å²) in [4.78, 5) is 23.6. The monoisotopic (exact) mass is 309 g/mol. The summed E-state index contributed by atoms with van der Waals surface area (Å²) in [6.45, 7) is 1.56. The number of fused-ring (bicyclic) bond motifs is 1. The van der Waals surface area contributed by atoms with E-state index in [0.29, 0.717) is 12.0 Å². The van der Waals surface area contributed by atoms with Crippen molar-refractivity contribution < 1.29 is 22.7 Å². The number of ether oxygens (including phenoxy) is 1. The van der Waals surface area contributed by atoms with E-state index in [2.05, 4.69) is 4.74 Å². The molecule has 1 amide bonds. The first-order valence-corrected chi connectivity index (χ1v) is 7.81. The first-order valence-electron chi connectivity index (χ1n) is 6.37. The zero-order valence-corrected chi connectivity index (χ0v) is 12.5. The van der Waals surface area contributed by atoms with E-state index < -0.39 is 21.9 Å². The number of nitrogens with zero attached hydrogens (tertiary/aromatic N) is 1. The maximum absolute atomic E-state index is 12.3. The summed E-state index contributed by atoms with van der Waals surface area (Å²) >= 11 is 0. The number of hydrogen-bond donors (Lipinski definition) is 0. The van der Waals surface area contributed by atoms with Gasteiger partial charge in [-0.25, -0.2) is 17.5 Å². The number of carbonyl (C=O) groups is 2. The normalized spacial score (nSPS) is 16.8. The molecule has 7 heteroatoms. The van der Waals surface area contributed by atoms with Gasteiger partial charge in [0, 0.05) is 5.57 Å². The first-order chi connectivity index (χ1) is 9.93. The van der Waals surface area contributed by atoms with Crippen LogP contribution in [0, 0.1) is 0 Å². The van der Waals surface area contributed by atoms with Crippen LogP contribution in [0.1, 0.15) is 23.7 Å². The van der Waals surface area contributed by atoms with E-state index in [1.807, 2.05) is 0 Å². The standard InChI is InChI=1S/C14H15NO5S/c1-3-10(14(17)20-2)8-9-15-13(16)11-6-4-5-7-12(11)21(15,18)19/h4-8H,3,9H2,1-2H3. The Morgan fingerprint density at radius 1 is 1.33 bits per heavy atom. The summed E-state index contributed by atoms with van der Waals surface area (Å²) in [5.74, 6) is -1.11. The van der Waals surface area contributed by atoms with Crippen molar-refractivity contribution in [3.63, 3.8) is 0 Å². The second-order valence-electron chi connectivity index (χ2n) is 4.41. The van der Waals surface area contributed by atoms with Gasteiger partial charge in [0.2, 0.25) is 0 Å². The number of sulfonamides is 1. The molecule has 0 N–H and O–H groups in total. The van der Waals surface area contributed by atoms with Crippen LogP contribution in [0.15, 0.2) is 40.8 Å². The lowest BCUT2D eigenvalue weighted by Crippen LogP contribution is -2.30. The fourth-order valence-electron chi connectivity index (χ4n) is 2.11. The van der Waals surface area contributed by atoms with Crippen molar-refractivity contribution in [2.24, 2.45) is 0 Å². The quantitative estimate of drug-likeness (QED) is 0.619. The van der Waals surface area contributed by atoms with Gasteiger partial charge in [-0.05, 0) is 18.6 Å². The van der Waals surface area contributed by atoms with E-state index in [0.717, 1.165) is 4.31 Å². The zero-order chi connectivity index (χ0) is 15.6. The van der Waals surface area contributed by atoms with E-state index >= 15 is 0 Å². The predicted molar refractivity (Wildman–Crippen MR) is 75.1 cm³/mol. The first kappa shape index (κ1) is 15.2. The molecule has 0 saturated carbocycles. The van der Waals surface area contributed by atoms with Gasteiger partial charge in [-0.15, -0.1) is 0 Å². The van der Waals surface area contributed by atoms with E-state index in [9.17, 15) is 18.0 Å². The van der Waals surface area contributed by atoms with Crippen molar-refractivity contribution in [2.45, 2.75) is 18.2 Å². The highest BCUT2D eigenvalue weighted by molar-refractivity contribution is 7.90. The molecular formula is C14H15NO5S. The van der Waals surface area contributed by atoms with Gasteiger partial charge in [0.1, 0.15) is 4.90 Å². The van der Waals surface area contributed by atoms with E-state index in [-0.39, 0.29) is 17.0 Å². The van der Waals surface area contributed by atoms with Crippen LogP contribution >= 0.6 is 0 Å². The van der Waals surface area contributed by atoms with Crippen LogP contribution in [0.4, 0.5) is 0 Å². The fourth-order valence-corrected chi connectivity index (χ4v) is 3.62. The van der Waals surface area contributed by atoms with Gasteiger partial charge in [0.25, 0.3) is 15.9 Å². The van der Waals surface area contributed by atoms with Crippen molar-refractivity contribution in [2.75, 3.05) is 13.7 Å². The average molecular weight is 309 g/mol. The number of benzene rings is 1. The van der Waals surface area contributed by atoms with Gasteiger partial charge in [-0.1, -0.05) is 25.1 Å². The molecule has 0 fully saturated rings. The third kappa shape index (κ3) is 2.56. The highest BCUT2D eigenvalue weighted by atomic mass is 32.2. The molecule has 2 rings (SSSR count). The summed E-state index contributed by atoms with van der Waals surface area (Å²) in [6, 6.07) is 6.04. The highest BCUT2D eigenvalue weighted by Gasteiger charge is 2.40. The lowest BCUT2D eigenvalue weighted by atomic mass is 10.2. The van der Waals surface area contributed by atoms with E-state index in [1.165, 1.54) is 25.3 Å². The van der Waals surface area contributed by atoms with Crippen LogP contribution in [0.3, 0.4) is 0 Å². The summed E-state index contributed by atoms with van der Waals surface area (Å²) in [5.41, 5.74) is 0.485. The largest absolute Gasteiger partial charge is 0.466 e. The maximum atomic E-state index is 12.3. The number of carbonyl (C=O) groups excluding carboxylic acids is 2. The Kier molecular flexibility index (Phi) is 4.13. The lowest BCUT2D eigenvalue weighted by molar-refractivity contribution is -0.136. The van der Waals surface area contributed by atoms with Gasteiger partial charge in [-0.3, -0.25) is 4.79 Å². The molecule has 0 radical (unpaired) electrons. The number of esters is 1. The molecule has 1 heterocycles. The Balaban J connectivity index is 2.33. The van der Waals surface area contributed by atoms with Crippen molar-refractivity contribution >= 4 is 21.9 Å². The summed E-state index contributed by atoms with van der Waals surface area (Å²) in [5, 5.41) is 0. The maximum Gasteiger partial charge on any atom is 0.333 e. The minimum atomic E-state index is -3.84. The molecule has 0 bridgehead atoms. The van der Waals surface area contributed by atoms with Crippen LogP contribution in [-0.4, -0.2) is 38.3 Å². The third-order valence-electron chi connectivity index (χ3n) is 3.24. The summed E-state index contributed by atoms with van der Waals surface area (Å²) in [6.07, 6.45) is 1.80. The number of amides is 1. The minimum absolute atomic E-state index is 0.000448. The van der Waals surface area contributed by atoms with Crippen LogP contribution in [0.5, 0.6) is 0 Å². The topological polar surface area (TPSA) is 80.8 Å². The Bertz CT molecular complexity index is 721. The SMILES string of the molecule is CCC(=CCN1C(=O)c2ccccc2S1(=O)=O)C(=O)OC. The Hall–Kier alpha value is -2.15. The smallest absolute Gasteiger partial charge is 0.333 e. The second-order valence-corrected chi connectivity index (χ2v) is 6.24. The van der Waals surface area contributed by atoms with E-state index in [1.54, 1.807) is 19.1 Å². The molecular weight excluding hydrogens is 294 g/mol. The molecule has 0 unspecified atom stereocenters. The summed E-state index contributed by atoms with van der Waals surface area (Å²) in [7, 11) is -2.60. The number of rotatable bonds is 4. The molecule has 6 nitrogen and oxygen atoms in total. The van der Waals surface area contributed by atoms with Crippen LogP contribution in [-0.2, 0) is 19.6 Å². The molecule has 0 aliphatic carbocycles. The van der Waals surface area contributed by atoms with Gasteiger partial charge < -0.3 is 4.74 Å². The molecule has 1 aromatic carbocycles. The molecule has 21 heavy (non-hydrogen) atoms. The Morgan fingerprint density at radius 2 is 2.00 bits per heavy atom. The predicted octanol–water partition coefficient (Wildman–Crippen LogP) is 1.34. The van der Waals surface area contributed by atoms with Gasteiger partial charge in [0.05, 0.1) is 19.2 Å². The molecule has 0 atom stereocenters. The molecule has 0 aromatic heterocycles. The van der Waals surface area contributed by atoms with Gasteiger partial charge in [-0.2, -0.15) is 0 Å². The number of hydrogen-bond acceptors (Lipinski definition) is 5. The molecule has 1 aliphatic heterocycles. The van der Waals surface area contributed by atoms with Crippen molar-refractivity contribution in [3.8, 4) is 0 Å². The molecule has 0 saturated heterocycles. The molecule has 0 spiro atoms. The Labute approximate surface area is 123 Å². The van der Waals surface area contributed by atoms with Crippen molar-refractivity contribution in [3.05, 3.63) is 41.5 Å². The molecule has 112 valence electrons. The van der Waals surface area contributed by atoms with Crippen LogP contribution in [0.25, 0.3) is 0 Å². The average Bonchev–Trinajstić information content (AvgIpc) is 2.68. The highest BCUT2D eigenvalue weighted by Crippen LogP contribution is 2.29. The van der Waals surface area contributed by atoms with Gasteiger partial charge >= 0.3 is 5.97 Å². The summed E-state index contributed by atoms with van der Waals surface area (Å²) < 4.78 is 29.9. The zero-order valence-electron chi connectivity index (χ0n) is 11.7. The van der Waals surface area contributed by atoms with Crippen LogP contribution < -0.4 is 0 Å². The Morgan fingerprint density at radius 3 is 2.57 bits per heavy atom. The molecule has 1 aromatic rings. The van der Waals surface area contributed by atoms with Crippen molar-refractivity contribution in [1.82, 2.24) is 4.31 Å². The third-order valence-corrected chi connectivity index (χ3v) is 5.05. The lowest BCUT2D eigenvalue weighted by Gasteiger charge is -2.13. The second kappa shape index (κ2) is 5.69. The number of methoxy groups -OCH3 is 1. The minimum Gasteiger partial charge on any atom is -0.466 e. The van der Waals surface area contributed by atoms with E-state index in [4.69, 9.17) is 0 Å². The van der Waals surface area contributed by atoms with Crippen molar-refractivity contribution in [1.29, 1.82) is 0 Å². The fraction of sp³-hybridized carbons (Fsp3) is 0.286.